The summed E-state index contributed by atoms with van der Waals surface area (Å²) in [4.78, 5) is 14.7. The van der Waals surface area contributed by atoms with E-state index in [1.54, 1.807) is 12.4 Å². The zero-order chi connectivity index (χ0) is 36.0. The monoisotopic (exact) mass is 698 g/mol. The lowest BCUT2D eigenvalue weighted by atomic mass is 9.84. The number of imidazole rings is 1. The molecule has 0 radical (unpaired) electrons. The smallest absolute Gasteiger partial charge is 0.166 e. The number of pyridine rings is 1. The van der Waals surface area contributed by atoms with Crippen LogP contribution in [0.4, 0.5) is 0 Å². The van der Waals surface area contributed by atoms with Crippen molar-refractivity contribution in [3.8, 4) is 33.4 Å². The van der Waals surface area contributed by atoms with Crippen molar-refractivity contribution in [2.75, 3.05) is 0 Å². The number of rotatable bonds is 3. The maximum Gasteiger partial charge on any atom is 0.166 e. The predicted molar refractivity (Wildman–Crippen MR) is 230 cm³/mol. The van der Waals surface area contributed by atoms with Crippen molar-refractivity contribution < 1.29 is 0 Å². The Morgan fingerprint density at radius 1 is 0.345 bits per heavy atom. The van der Waals surface area contributed by atoms with Crippen LogP contribution in [0.1, 0.15) is 0 Å². The predicted octanol–water partition coefficient (Wildman–Crippen LogP) is 13.2. The molecule has 3 aromatic heterocycles. The first-order valence-electron chi connectivity index (χ1n) is 18.7. The van der Waals surface area contributed by atoms with Crippen LogP contribution in [0.15, 0.2) is 182 Å². The first kappa shape index (κ1) is 30.1. The van der Waals surface area contributed by atoms with Gasteiger partial charge in [0.15, 0.2) is 5.65 Å². The second kappa shape index (κ2) is 11.5. The van der Waals surface area contributed by atoms with Crippen LogP contribution in [0.3, 0.4) is 0 Å². The van der Waals surface area contributed by atoms with Crippen LogP contribution < -0.4 is 0 Å². The molecule has 12 aromatic rings. The first-order valence-corrected chi connectivity index (χ1v) is 18.7. The van der Waals surface area contributed by atoms with Gasteiger partial charge < -0.3 is 0 Å². The van der Waals surface area contributed by atoms with E-state index in [9.17, 15) is 0 Å². The van der Waals surface area contributed by atoms with Crippen LogP contribution in [0, 0.1) is 0 Å². The third-order valence-electron chi connectivity index (χ3n) is 11.4. The Kier molecular flexibility index (Phi) is 6.31. The summed E-state index contributed by atoms with van der Waals surface area (Å²) < 4.78 is 2.23. The highest BCUT2D eigenvalue weighted by atomic mass is 15.0. The van der Waals surface area contributed by atoms with Gasteiger partial charge in [-0.3, -0.25) is 9.38 Å². The molecule has 4 heteroatoms. The molecule has 0 saturated carbocycles. The second-order valence-electron chi connectivity index (χ2n) is 14.4. The molecule has 0 aliphatic heterocycles. The molecule has 254 valence electrons. The molecule has 0 amide bonds. The number of benzene rings is 9. The van der Waals surface area contributed by atoms with Crippen LogP contribution in [0.5, 0.6) is 0 Å². The van der Waals surface area contributed by atoms with Crippen molar-refractivity contribution in [2.24, 2.45) is 0 Å². The molecule has 0 atom stereocenters. The second-order valence-corrected chi connectivity index (χ2v) is 14.4. The van der Waals surface area contributed by atoms with E-state index in [1.807, 2.05) is 0 Å². The van der Waals surface area contributed by atoms with Gasteiger partial charge in [0.2, 0.25) is 0 Å². The van der Waals surface area contributed by atoms with Gasteiger partial charge in [-0.15, -0.1) is 0 Å². The van der Waals surface area contributed by atoms with Crippen molar-refractivity contribution in [3.05, 3.63) is 182 Å². The topological polar surface area (TPSA) is 43.1 Å². The van der Waals surface area contributed by atoms with Gasteiger partial charge in [-0.25, -0.2) is 9.97 Å². The van der Waals surface area contributed by atoms with E-state index in [4.69, 9.17) is 15.0 Å². The lowest BCUT2D eigenvalue weighted by Gasteiger charge is -2.19. The number of nitrogens with zero attached hydrogens (tertiary/aromatic N) is 4. The highest BCUT2D eigenvalue weighted by molar-refractivity contribution is 6.22. The average molecular weight is 699 g/mol. The fourth-order valence-electron chi connectivity index (χ4n) is 8.90. The zero-order valence-electron chi connectivity index (χ0n) is 29.6. The van der Waals surface area contributed by atoms with E-state index in [1.165, 1.54) is 65.3 Å². The Morgan fingerprint density at radius 3 is 1.58 bits per heavy atom. The number of aromatic nitrogens is 4. The van der Waals surface area contributed by atoms with Crippen molar-refractivity contribution in [1.29, 1.82) is 0 Å². The van der Waals surface area contributed by atoms with E-state index < -0.39 is 0 Å². The standard InChI is InChI=1S/C51H30N4/c1-3-11-33-27-37(19-17-31(33)9-1)47-39-13-5-6-14-40(39)48(38-20-18-32-10-2-4-12-34(32)28-38)43-29-35(21-23-41(43)47)36-22-24-46-44(30-36)54-51-50-49(52-25-26-53-50)42-15-7-8-16-45(42)55(46)51/h1-30H. The van der Waals surface area contributed by atoms with Gasteiger partial charge in [-0.2, -0.15) is 0 Å². The Bertz CT molecular complexity index is 3560. The third kappa shape index (κ3) is 4.49. The van der Waals surface area contributed by atoms with Crippen molar-refractivity contribution >= 4 is 81.7 Å². The lowest BCUT2D eigenvalue weighted by molar-refractivity contribution is 1.25. The molecular formula is C51H30N4. The summed E-state index contributed by atoms with van der Waals surface area (Å²) in [6.07, 6.45) is 3.51. The molecule has 0 aliphatic rings. The molecule has 12 rings (SSSR count). The van der Waals surface area contributed by atoms with E-state index in [0.29, 0.717) is 0 Å². The van der Waals surface area contributed by atoms with Crippen LogP contribution >= 0.6 is 0 Å². The van der Waals surface area contributed by atoms with E-state index in [2.05, 4.69) is 174 Å². The van der Waals surface area contributed by atoms with Crippen LogP contribution in [-0.2, 0) is 0 Å². The number of para-hydroxylation sites is 1. The molecular weight excluding hydrogens is 669 g/mol. The average Bonchev–Trinajstić information content (AvgIpc) is 3.64. The molecule has 0 saturated heterocycles. The summed E-state index contributed by atoms with van der Waals surface area (Å²) in [6.45, 7) is 0. The van der Waals surface area contributed by atoms with Gasteiger partial charge in [0.1, 0.15) is 11.0 Å². The Labute approximate surface area is 315 Å². The van der Waals surface area contributed by atoms with Gasteiger partial charge in [0.05, 0.1) is 16.6 Å². The molecule has 0 N–H and O–H groups in total. The van der Waals surface area contributed by atoms with Gasteiger partial charge in [0, 0.05) is 17.8 Å². The molecule has 9 aromatic carbocycles. The Morgan fingerprint density at radius 2 is 0.873 bits per heavy atom. The fraction of sp³-hybridized carbons (Fsp3) is 0. The molecule has 0 bridgehead atoms. The quantitative estimate of drug-likeness (QED) is 0.136. The summed E-state index contributed by atoms with van der Waals surface area (Å²) >= 11 is 0. The van der Waals surface area contributed by atoms with E-state index >= 15 is 0 Å². The van der Waals surface area contributed by atoms with Crippen LogP contribution in [-0.4, -0.2) is 19.4 Å². The number of hydrogen-bond acceptors (Lipinski definition) is 3. The van der Waals surface area contributed by atoms with Crippen molar-refractivity contribution in [1.82, 2.24) is 19.4 Å². The van der Waals surface area contributed by atoms with Crippen LogP contribution in [0.25, 0.3) is 115 Å². The maximum absolute atomic E-state index is 5.22. The van der Waals surface area contributed by atoms with Crippen LogP contribution in [0.2, 0.25) is 0 Å². The summed E-state index contributed by atoms with van der Waals surface area (Å²) in [5, 5.41) is 10.9. The fourth-order valence-corrected chi connectivity index (χ4v) is 8.90. The molecule has 55 heavy (non-hydrogen) atoms. The minimum Gasteiger partial charge on any atom is -0.290 e. The number of fused-ring (bicyclic) bond motifs is 12. The van der Waals surface area contributed by atoms with Gasteiger partial charge in [-0.1, -0.05) is 133 Å². The zero-order valence-corrected chi connectivity index (χ0v) is 29.6. The maximum atomic E-state index is 5.22. The summed E-state index contributed by atoms with van der Waals surface area (Å²) in [7, 11) is 0. The van der Waals surface area contributed by atoms with Crippen molar-refractivity contribution in [2.45, 2.75) is 0 Å². The van der Waals surface area contributed by atoms with Gasteiger partial charge in [0.25, 0.3) is 0 Å². The SMILES string of the molecule is c1ccc2cc(-c3c4ccccc4c(-c4ccc5ccccc5c4)c4cc(-c5ccc6c(c5)nc5c7nccnc7c7ccccc7n65)ccc34)ccc2c1. The summed E-state index contributed by atoms with van der Waals surface area (Å²) in [5.41, 5.74) is 12.7. The molecule has 4 nitrogen and oxygen atoms in total. The Balaban J connectivity index is 1.14. The highest BCUT2D eigenvalue weighted by Gasteiger charge is 2.20. The van der Waals surface area contributed by atoms with Crippen molar-refractivity contribution in [3.63, 3.8) is 0 Å². The molecule has 0 unspecified atom stereocenters. The first-order chi connectivity index (χ1) is 27.3. The van der Waals surface area contributed by atoms with E-state index in [-0.39, 0.29) is 0 Å². The highest BCUT2D eigenvalue weighted by Crippen LogP contribution is 2.46. The van der Waals surface area contributed by atoms with Gasteiger partial charge >= 0.3 is 0 Å². The molecule has 0 spiro atoms. The minimum atomic E-state index is 0.804. The van der Waals surface area contributed by atoms with E-state index in [0.717, 1.165) is 49.7 Å². The third-order valence-corrected chi connectivity index (χ3v) is 11.4. The summed E-state index contributed by atoms with van der Waals surface area (Å²) in [6, 6.07) is 61.9. The summed E-state index contributed by atoms with van der Waals surface area (Å²) in [5.74, 6) is 0. The largest absolute Gasteiger partial charge is 0.290 e. The molecule has 0 fully saturated rings. The van der Waals surface area contributed by atoms with Gasteiger partial charge in [-0.05, 0) is 113 Å². The molecule has 0 aliphatic carbocycles. The normalized spacial score (nSPS) is 12.0. The minimum absolute atomic E-state index is 0.804. The lowest BCUT2D eigenvalue weighted by Crippen LogP contribution is -1.94. The molecule has 3 heterocycles. The number of hydrogen-bond donors (Lipinski definition) is 0. The Hall–Kier alpha value is -7.43.